The van der Waals surface area contributed by atoms with Gasteiger partial charge in [0.15, 0.2) is 0 Å². The summed E-state index contributed by atoms with van der Waals surface area (Å²) in [5.74, 6) is 0.200. The Morgan fingerprint density at radius 1 is 1.29 bits per heavy atom. The zero-order valence-corrected chi connectivity index (χ0v) is 12.4. The molecule has 2 fully saturated rings. The van der Waals surface area contributed by atoms with Gasteiger partial charge in [-0.1, -0.05) is 6.07 Å². The molecule has 1 aromatic carbocycles. The second-order valence-electron chi connectivity index (χ2n) is 5.84. The average molecular weight is 290 g/mol. The Hall–Kier alpha value is -1.59. The van der Waals surface area contributed by atoms with Gasteiger partial charge in [0.05, 0.1) is 13.2 Å². The minimum absolute atomic E-state index is 0.0149. The van der Waals surface area contributed by atoms with Gasteiger partial charge in [-0.15, -0.1) is 0 Å². The summed E-state index contributed by atoms with van der Waals surface area (Å²) in [5, 5.41) is 9.75. The van der Waals surface area contributed by atoms with Gasteiger partial charge in [0.1, 0.15) is 5.75 Å². The van der Waals surface area contributed by atoms with Crippen molar-refractivity contribution >= 4 is 5.91 Å². The summed E-state index contributed by atoms with van der Waals surface area (Å²) < 4.78 is 5.38. The van der Waals surface area contributed by atoms with Crippen LogP contribution in [0.1, 0.15) is 22.3 Å². The van der Waals surface area contributed by atoms with Gasteiger partial charge in [-0.25, -0.2) is 0 Å². The third kappa shape index (κ3) is 3.04. The van der Waals surface area contributed by atoms with Crippen LogP contribution in [0.2, 0.25) is 0 Å². The van der Waals surface area contributed by atoms with E-state index in [1.165, 1.54) is 0 Å². The van der Waals surface area contributed by atoms with Gasteiger partial charge in [-0.2, -0.15) is 0 Å². The van der Waals surface area contributed by atoms with E-state index in [1.54, 1.807) is 18.2 Å². The standard InChI is InChI=1S/C16H22N2O3/c1-12-2-3-13(10-15(12)19)16(20)18-5-4-14(11-18)17-6-8-21-9-7-17/h2-3,10,14,19H,4-9,11H2,1H3. The van der Waals surface area contributed by atoms with Gasteiger partial charge in [0.25, 0.3) is 5.91 Å². The van der Waals surface area contributed by atoms with Crippen molar-refractivity contribution in [2.75, 3.05) is 39.4 Å². The first kappa shape index (κ1) is 14.4. The number of amides is 1. The van der Waals surface area contributed by atoms with E-state index in [-0.39, 0.29) is 11.7 Å². The number of aromatic hydroxyl groups is 1. The first-order chi connectivity index (χ1) is 10.1. The van der Waals surface area contributed by atoms with Crippen molar-refractivity contribution in [3.8, 4) is 5.75 Å². The topological polar surface area (TPSA) is 53.0 Å². The molecule has 1 amide bonds. The summed E-state index contributed by atoms with van der Waals surface area (Å²) in [6, 6.07) is 5.59. The zero-order valence-electron chi connectivity index (χ0n) is 12.4. The smallest absolute Gasteiger partial charge is 0.254 e. The largest absolute Gasteiger partial charge is 0.508 e. The Kier molecular flexibility index (Phi) is 4.12. The van der Waals surface area contributed by atoms with Crippen LogP contribution in [0.5, 0.6) is 5.75 Å². The number of likely N-dealkylation sites (tertiary alicyclic amines) is 1. The molecule has 5 nitrogen and oxygen atoms in total. The molecule has 5 heteroatoms. The van der Waals surface area contributed by atoms with Gasteiger partial charge in [0.2, 0.25) is 0 Å². The molecule has 1 unspecified atom stereocenters. The normalized spacial score (nSPS) is 23.5. The highest BCUT2D eigenvalue weighted by Crippen LogP contribution is 2.22. The van der Waals surface area contributed by atoms with E-state index in [4.69, 9.17) is 4.74 Å². The van der Waals surface area contributed by atoms with Gasteiger partial charge in [0, 0.05) is 37.8 Å². The summed E-state index contributed by atoms with van der Waals surface area (Å²) in [6.45, 7) is 6.87. The number of carbonyl (C=O) groups excluding carboxylic acids is 1. The lowest BCUT2D eigenvalue weighted by molar-refractivity contribution is 0.0185. The molecule has 114 valence electrons. The van der Waals surface area contributed by atoms with Crippen molar-refractivity contribution in [3.05, 3.63) is 29.3 Å². The molecular weight excluding hydrogens is 268 g/mol. The molecule has 0 saturated carbocycles. The molecule has 21 heavy (non-hydrogen) atoms. The Labute approximate surface area is 125 Å². The summed E-state index contributed by atoms with van der Waals surface area (Å²) in [7, 11) is 0. The first-order valence-electron chi connectivity index (χ1n) is 7.56. The molecule has 0 spiro atoms. The number of hydrogen-bond donors (Lipinski definition) is 1. The van der Waals surface area contributed by atoms with E-state index >= 15 is 0 Å². The average Bonchev–Trinajstić information content (AvgIpc) is 3.00. The molecule has 1 aromatic rings. The Bertz CT molecular complexity index is 526. The second-order valence-corrected chi connectivity index (χ2v) is 5.84. The van der Waals surface area contributed by atoms with Gasteiger partial charge >= 0.3 is 0 Å². The molecular formula is C16H22N2O3. The number of carbonyl (C=O) groups is 1. The molecule has 3 rings (SSSR count). The summed E-state index contributed by atoms with van der Waals surface area (Å²) in [6.07, 6.45) is 1.02. The molecule has 0 aliphatic carbocycles. The van der Waals surface area contributed by atoms with Crippen molar-refractivity contribution in [1.29, 1.82) is 0 Å². The highest BCUT2D eigenvalue weighted by molar-refractivity contribution is 5.95. The van der Waals surface area contributed by atoms with Crippen LogP contribution in [0.25, 0.3) is 0 Å². The number of hydrogen-bond acceptors (Lipinski definition) is 4. The minimum atomic E-state index is 0.0149. The predicted octanol–water partition coefficient (Wildman–Crippen LogP) is 1.25. The quantitative estimate of drug-likeness (QED) is 0.890. The molecule has 0 aromatic heterocycles. The van der Waals surface area contributed by atoms with Crippen LogP contribution in [-0.2, 0) is 4.74 Å². The van der Waals surface area contributed by atoms with E-state index in [1.807, 2.05) is 11.8 Å². The maximum atomic E-state index is 12.5. The predicted molar refractivity (Wildman–Crippen MR) is 79.5 cm³/mol. The number of phenols is 1. The van der Waals surface area contributed by atoms with E-state index < -0.39 is 0 Å². The number of benzene rings is 1. The third-order valence-electron chi connectivity index (χ3n) is 4.47. The van der Waals surface area contributed by atoms with Crippen molar-refractivity contribution in [2.24, 2.45) is 0 Å². The minimum Gasteiger partial charge on any atom is -0.508 e. The second kappa shape index (κ2) is 6.03. The number of aryl methyl sites for hydroxylation is 1. The molecule has 0 radical (unpaired) electrons. The fraction of sp³-hybridized carbons (Fsp3) is 0.562. The fourth-order valence-corrected chi connectivity index (χ4v) is 3.09. The van der Waals surface area contributed by atoms with E-state index in [9.17, 15) is 9.90 Å². The summed E-state index contributed by atoms with van der Waals surface area (Å²) in [5.41, 5.74) is 1.36. The molecule has 1 N–H and O–H groups in total. The lowest BCUT2D eigenvalue weighted by atomic mass is 10.1. The van der Waals surface area contributed by atoms with Gasteiger partial charge < -0.3 is 14.7 Å². The van der Waals surface area contributed by atoms with Crippen molar-refractivity contribution in [3.63, 3.8) is 0 Å². The third-order valence-corrected chi connectivity index (χ3v) is 4.47. The number of ether oxygens (including phenoxy) is 1. The van der Waals surface area contributed by atoms with Crippen molar-refractivity contribution < 1.29 is 14.6 Å². The van der Waals surface area contributed by atoms with Crippen LogP contribution in [0.4, 0.5) is 0 Å². The molecule has 2 aliphatic heterocycles. The van der Waals surface area contributed by atoms with E-state index in [0.717, 1.165) is 51.4 Å². The van der Waals surface area contributed by atoms with Crippen molar-refractivity contribution in [2.45, 2.75) is 19.4 Å². The highest BCUT2D eigenvalue weighted by atomic mass is 16.5. The Morgan fingerprint density at radius 2 is 2.05 bits per heavy atom. The molecule has 1 atom stereocenters. The van der Waals surface area contributed by atoms with Crippen molar-refractivity contribution in [1.82, 2.24) is 9.80 Å². The van der Waals surface area contributed by atoms with Crippen LogP contribution in [0.3, 0.4) is 0 Å². The summed E-state index contributed by atoms with van der Waals surface area (Å²) in [4.78, 5) is 16.8. The maximum absolute atomic E-state index is 12.5. The number of rotatable bonds is 2. The van der Waals surface area contributed by atoms with E-state index in [2.05, 4.69) is 4.90 Å². The van der Waals surface area contributed by atoms with E-state index in [0.29, 0.717) is 11.6 Å². The van der Waals surface area contributed by atoms with Gasteiger partial charge in [-0.05, 0) is 31.0 Å². The lowest BCUT2D eigenvalue weighted by Gasteiger charge is -2.32. The molecule has 2 aliphatic rings. The SMILES string of the molecule is Cc1ccc(C(=O)N2CCC(N3CCOCC3)C2)cc1O. The zero-order chi connectivity index (χ0) is 14.8. The number of nitrogens with zero attached hydrogens (tertiary/aromatic N) is 2. The Balaban J connectivity index is 1.64. The van der Waals surface area contributed by atoms with Crippen LogP contribution >= 0.6 is 0 Å². The van der Waals surface area contributed by atoms with Crippen LogP contribution in [0.15, 0.2) is 18.2 Å². The molecule has 2 heterocycles. The van der Waals surface area contributed by atoms with Crippen LogP contribution in [0, 0.1) is 6.92 Å². The highest BCUT2D eigenvalue weighted by Gasteiger charge is 2.31. The number of morpholine rings is 1. The monoisotopic (exact) mass is 290 g/mol. The maximum Gasteiger partial charge on any atom is 0.254 e. The summed E-state index contributed by atoms with van der Waals surface area (Å²) >= 11 is 0. The number of phenolic OH excluding ortho intramolecular Hbond substituents is 1. The molecule has 0 bridgehead atoms. The molecule has 2 saturated heterocycles. The van der Waals surface area contributed by atoms with Crippen LogP contribution in [-0.4, -0.2) is 66.2 Å². The fourth-order valence-electron chi connectivity index (χ4n) is 3.09. The lowest BCUT2D eigenvalue weighted by Crippen LogP contribution is -2.45. The Morgan fingerprint density at radius 3 is 2.76 bits per heavy atom. The van der Waals surface area contributed by atoms with Crippen LogP contribution < -0.4 is 0 Å². The first-order valence-corrected chi connectivity index (χ1v) is 7.56. The van der Waals surface area contributed by atoms with Gasteiger partial charge in [-0.3, -0.25) is 9.69 Å².